The average Bonchev–Trinajstić information content (AvgIpc) is 2.63. The monoisotopic (exact) mass is 384 g/mol. The lowest BCUT2D eigenvalue weighted by molar-refractivity contribution is 0.101. The molecule has 3 rings (SSSR count). The van der Waals surface area contributed by atoms with E-state index in [-0.39, 0.29) is 22.3 Å². The molecule has 0 radical (unpaired) electrons. The van der Waals surface area contributed by atoms with E-state index in [0.29, 0.717) is 27.5 Å². The zero-order valence-electron chi connectivity index (χ0n) is 13.8. The highest BCUT2D eigenvalue weighted by Gasteiger charge is 2.14. The number of carbonyl (C=O) groups excluding carboxylic acids is 2. The highest BCUT2D eigenvalue weighted by Crippen LogP contribution is 2.29. The van der Waals surface area contributed by atoms with E-state index in [4.69, 9.17) is 23.2 Å². The van der Waals surface area contributed by atoms with Gasteiger partial charge in [-0.2, -0.15) is 0 Å². The molecule has 0 aliphatic rings. The zero-order chi connectivity index (χ0) is 18.7. The van der Waals surface area contributed by atoms with Crippen molar-refractivity contribution in [3.63, 3.8) is 0 Å². The molecule has 130 valence electrons. The summed E-state index contributed by atoms with van der Waals surface area (Å²) < 4.78 is 0. The van der Waals surface area contributed by atoms with Gasteiger partial charge in [0, 0.05) is 23.0 Å². The number of rotatable bonds is 4. The third-order valence-electron chi connectivity index (χ3n) is 3.79. The van der Waals surface area contributed by atoms with Crippen molar-refractivity contribution in [1.82, 2.24) is 4.98 Å². The Balaban J connectivity index is 1.88. The summed E-state index contributed by atoms with van der Waals surface area (Å²) in [7, 11) is 0. The van der Waals surface area contributed by atoms with Gasteiger partial charge in [0.1, 0.15) is 0 Å². The van der Waals surface area contributed by atoms with Crippen LogP contribution in [0.2, 0.25) is 10.0 Å². The fraction of sp³-hybridized carbons (Fsp3) is 0.0500. The van der Waals surface area contributed by atoms with Gasteiger partial charge in [-0.05, 0) is 49.4 Å². The minimum absolute atomic E-state index is 0.114. The van der Waals surface area contributed by atoms with Crippen LogP contribution >= 0.6 is 23.2 Å². The topological polar surface area (TPSA) is 59.1 Å². The largest absolute Gasteiger partial charge is 0.322 e. The van der Waals surface area contributed by atoms with Crippen LogP contribution in [0.1, 0.15) is 27.6 Å². The predicted molar refractivity (Wildman–Crippen MR) is 104 cm³/mol. The maximum Gasteiger partial charge on any atom is 0.257 e. The number of nitrogens with zero attached hydrogens (tertiary/aromatic N) is 1. The van der Waals surface area contributed by atoms with Crippen LogP contribution in [0, 0.1) is 0 Å². The Morgan fingerprint density at radius 1 is 0.962 bits per heavy atom. The Morgan fingerprint density at radius 3 is 2.42 bits per heavy atom. The van der Waals surface area contributed by atoms with Gasteiger partial charge in [0.2, 0.25) is 0 Å². The Labute approximate surface area is 160 Å². The Kier molecular flexibility index (Phi) is 5.35. The van der Waals surface area contributed by atoms with Crippen molar-refractivity contribution in [1.29, 1.82) is 0 Å². The Morgan fingerprint density at radius 2 is 1.77 bits per heavy atom. The van der Waals surface area contributed by atoms with Crippen molar-refractivity contribution in [2.45, 2.75) is 6.92 Å². The second-order valence-corrected chi connectivity index (χ2v) is 6.43. The van der Waals surface area contributed by atoms with Crippen LogP contribution in [0.25, 0.3) is 11.3 Å². The highest BCUT2D eigenvalue weighted by molar-refractivity contribution is 6.35. The lowest BCUT2D eigenvalue weighted by Gasteiger charge is -2.10. The molecule has 3 aromatic rings. The van der Waals surface area contributed by atoms with Gasteiger partial charge in [-0.3, -0.25) is 14.6 Å². The number of hydrogen-bond donors (Lipinski definition) is 1. The Hall–Kier alpha value is -2.69. The lowest BCUT2D eigenvalue weighted by Crippen LogP contribution is -2.13. The van der Waals surface area contributed by atoms with Crippen LogP contribution in [-0.2, 0) is 0 Å². The number of carbonyl (C=O) groups is 2. The zero-order valence-corrected chi connectivity index (χ0v) is 15.3. The van der Waals surface area contributed by atoms with Gasteiger partial charge in [-0.25, -0.2) is 0 Å². The molecule has 0 bridgehead atoms. The van der Waals surface area contributed by atoms with Gasteiger partial charge in [0.25, 0.3) is 5.91 Å². The number of amides is 1. The van der Waals surface area contributed by atoms with Crippen LogP contribution in [0.15, 0.2) is 60.8 Å². The van der Waals surface area contributed by atoms with Crippen LogP contribution in [-0.4, -0.2) is 16.7 Å². The van der Waals surface area contributed by atoms with E-state index in [0.717, 1.165) is 0 Å². The number of nitrogens with one attached hydrogen (secondary N) is 1. The lowest BCUT2D eigenvalue weighted by atomic mass is 10.1. The molecule has 0 atom stereocenters. The van der Waals surface area contributed by atoms with Gasteiger partial charge in [0.15, 0.2) is 5.78 Å². The quantitative estimate of drug-likeness (QED) is 0.603. The van der Waals surface area contributed by atoms with E-state index >= 15 is 0 Å². The number of Topliss-reactive ketones (excluding diaryl/α,β-unsaturated/α-hetero) is 1. The van der Waals surface area contributed by atoms with E-state index in [1.165, 1.54) is 19.1 Å². The summed E-state index contributed by atoms with van der Waals surface area (Å²) in [5.41, 5.74) is 2.72. The molecule has 4 nitrogen and oxygen atoms in total. The van der Waals surface area contributed by atoms with Crippen molar-refractivity contribution in [3.05, 3.63) is 82.0 Å². The molecule has 0 spiro atoms. The minimum atomic E-state index is -0.376. The molecule has 0 aliphatic heterocycles. The van der Waals surface area contributed by atoms with Gasteiger partial charge >= 0.3 is 0 Å². The highest BCUT2D eigenvalue weighted by atomic mass is 35.5. The number of hydrogen-bond acceptors (Lipinski definition) is 3. The van der Waals surface area contributed by atoms with E-state index in [9.17, 15) is 9.59 Å². The molecular formula is C20H14Cl2N2O2. The molecule has 1 heterocycles. The molecule has 1 N–H and O–H groups in total. The number of anilines is 1. The summed E-state index contributed by atoms with van der Waals surface area (Å²) in [5, 5.41) is 3.54. The molecular weight excluding hydrogens is 371 g/mol. The maximum atomic E-state index is 12.5. The summed E-state index contributed by atoms with van der Waals surface area (Å²) in [6, 6.07) is 15.3. The standard InChI is InChI=1S/C20H14Cl2N2O2/c1-12(25)13-5-7-15(18(22)10-13)20(26)24-14-6-8-17(21)16(11-14)19-4-2-3-9-23-19/h2-11H,1H3,(H,24,26). The molecule has 2 aromatic carbocycles. The molecule has 1 amide bonds. The number of halogens is 2. The SMILES string of the molecule is CC(=O)c1ccc(C(=O)Nc2ccc(Cl)c(-c3ccccn3)c2)c(Cl)c1. The number of ketones is 1. The number of aromatic nitrogens is 1. The summed E-state index contributed by atoms with van der Waals surface area (Å²) in [5.74, 6) is -0.490. The van der Waals surface area contributed by atoms with E-state index in [1.807, 2.05) is 18.2 Å². The number of pyridine rings is 1. The fourth-order valence-corrected chi connectivity index (χ4v) is 2.92. The van der Waals surface area contributed by atoms with Crippen molar-refractivity contribution in [2.24, 2.45) is 0 Å². The molecule has 0 unspecified atom stereocenters. The molecule has 6 heteroatoms. The van der Waals surface area contributed by atoms with Crippen LogP contribution in [0.4, 0.5) is 5.69 Å². The first-order chi connectivity index (χ1) is 12.5. The first-order valence-corrected chi connectivity index (χ1v) is 8.54. The predicted octanol–water partition coefficient (Wildman–Crippen LogP) is 5.51. The second-order valence-electron chi connectivity index (χ2n) is 5.61. The van der Waals surface area contributed by atoms with Gasteiger partial charge < -0.3 is 5.32 Å². The first kappa shape index (κ1) is 18.1. The molecule has 0 fully saturated rings. The van der Waals surface area contributed by atoms with Crippen molar-refractivity contribution >= 4 is 40.6 Å². The van der Waals surface area contributed by atoms with Gasteiger partial charge in [-0.15, -0.1) is 0 Å². The van der Waals surface area contributed by atoms with E-state index in [2.05, 4.69) is 10.3 Å². The molecule has 0 aliphatic carbocycles. The molecule has 0 saturated heterocycles. The number of benzene rings is 2. The van der Waals surface area contributed by atoms with E-state index < -0.39 is 0 Å². The fourth-order valence-electron chi connectivity index (χ4n) is 2.44. The van der Waals surface area contributed by atoms with Crippen molar-refractivity contribution in [2.75, 3.05) is 5.32 Å². The minimum Gasteiger partial charge on any atom is -0.322 e. The second kappa shape index (κ2) is 7.68. The maximum absolute atomic E-state index is 12.5. The molecule has 0 saturated carbocycles. The smallest absolute Gasteiger partial charge is 0.257 e. The van der Waals surface area contributed by atoms with Crippen molar-refractivity contribution in [3.8, 4) is 11.3 Å². The summed E-state index contributed by atoms with van der Waals surface area (Å²) >= 11 is 12.4. The normalized spacial score (nSPS) is 10.4. The molecule has 1 aromatic heterocycles. The van der Waals surface area contributed by atoms with Crippen LogP contribution < -0.4 is 5.32 Å². The third kappa shape index (κ3) is 3.93. The van der Waals surface area contributed by atoms with E-state index in [1.54, 1.807) is 30.5 Å². The summed E-state index contributed by atoms with van der Waals surface area (Å²) in [6.07, 6.45) is 1.67. The van der Waals surface area contributed by atoms with Crippen molar-refractivity contribution < 1.29 is 9.59 Å². The average molecular weight is 385 g/mol. The van der Waals surface area contributed by atoms with Crippen LogP contribution in [0.5, 0.6) is 0 Å². The summed E-state index contributed by atoms with van der Waals surface area (Å²) in [6.45, 7) is 1.44. The van der Waals surface area contributed by atoms with Gasteiger partial charge in [-0.1, -0.05) is 35.3 Å². The third-order valence-corrected chi connectivity index (χ3v) is 4.43. The van der Waals surface area contributed by atoms with Gasteiger partial charge in [0.05, 0.1) is 21.3 Å². The Bertz CT molecular complexity index is 988. The first-order valence-electron chi connectivity index (χ1n) is 7.78. The molecule has 26 heavy (non-hydrogen) atoms. The summed E-state index contributed by atoms with van der Waals surface area (Å²) in [4.78, 5) is 28.2. The van der Waals surface area contributed by atoms with Crippen LogP contribution in [0.3, 0.4) is 0 Å².